The largest absolute Gasteiger partial charge is 0.394 e. The predicted molar refractivity (Wildman–Crippen MR) is 97.2 cm³/mol. The lowest BCUT2D eigenvalue weighted by atomic mass is 9.88. The molecule has 2 rings (SSSR count). The lowest BCUT2D eigenvalue weighted by Gasteiger charge is -2.21. The maximum atomic E-state index is 12.9. The van der Waals surface area contributed by atoms with E-state index >= 15 is 0 Å². The Balaban J connectivity index is 2.35. The minimum Gasteiger partial charge on any atom is -0.394 e. The van der Waals surface area contributed by atoms with Crippen LogP contribution in [0, 0.1) is 5.92 Å². The number of ether oxygens (including phenoxy) is 1. The van der Waals surface area contributed by atoms with Crippen molar-refractivity contribution in [2.45, 2.75) is 45.3 Å². The van der Waals surface area contributed by atoms with E-state index in [1.807, 2.05) is 18.2 Å². The Bertz CT molecular complexity index is 607. The van der Waals surface area contributed by atoms with Crippen molar-refractivity contribution in [3.63, 3.8) is 0 Å². The van der Waals surface area contributed by atoms with Crippen molar-refractivity contribution in [3.05, 3.63) is 71.7 Å². The molecule has 0 bridgehead atoms. The van der Waals surface area contributed by atoms with Crippen LogP contribution in [0.3, 0.4) is 0 Å². The van der Waals surface area contributed by atoms with E-state index in [2.05, 4.69) is 38.7 Å². The van der Waals surface area contributed by atoms with Gasteiger partial charge in [0.15, 0.2) is 0 Å². The molecule has 0 aromatic heterocycles. The molecule has 0 amide bonds. The fourth-order valence-electron chi connectivity index (χ4n) is 3.30. The van der Waals surface area contributed by atoms with E-state index in [0.717, 1.165) is 12.8 Å². The minimum atomic E-state index is -0.432. The van der Waals surface area contributed by atoms with Gasteiger partial charge in [-0.2, -0.15) is 0 Å². The molecule has 1 saturated heterocycles. The van der Waals surface area contributed by atoms with Crippen LogP contribution in [0.2, 0.25) is 0 Å². The highest BCUT2D eigenvalue weighted by molar-refractivity contribution is 5.30. The van der Waals surface area contributed by atoms with E-state index in [9.17, 15) is 9.50 Å². The predicted octanol–water partition coefficient (Wildman–Crippen LogP) is 4.96. The van der Waals surface area contributed by atoms with Crippen LogP contribution < -0.4 is 0 Å². The Labute approximate surface area is 144 Å². The summed E-state index contributed by atoms with van der Waals surface area (Å²) in [6, 6.07) is 0. The summed E-state index contributed by atoms with van der Waals surface area (Å²) in [5.74, 6) is -0.182. The molecular weight excluding hydrogens is 303 g/mol. The van der Waals surface area contributed by atoms with Crippen molar-refractivity contribution >= 4 is 0 Å². The molecule has 1 N–H and O–H groups in total. The number of hydrogen-bond donors (Lipinski definition) is 1. The second kappa shape index (κ2) is 8.95. The van der Waals surface area contributed by atoms with Gasteiger partial charge in [0.25, 0.3) is 0 Å². The van der Waals surface area contributed by atoms with Crippen molar-refractivity contribution in [1.29, 1.82) is 0 Å². The van der Waals surface area contributed by atoms with Gasteiger partial charge in [-0.15, -0.1) is 0 Å². The zero-order valence-corrected chi connectivity index (χ0v) is 14.5. The van der Waals surface area contributed by atoms with Crippen molar-refractivity contribution < 1.29 is 14.2 Å². The average molecular weight is 330 g/mol. The van der Waals surface area contributed by atoms with Crippen LogP contribution in [0.4, 0.5) is 4.39 Å². The van der Waals surface area contributed by atoms with Crippen LogP contribution in [0.15, 0.2) is 71.7 Å². The van der Waals surface area contributed by atoms with Crippen LogP contribution in [0.25, 0.3) is 0 Å². The molecule has 0 unspecified atom stereocenters. The van der Waals surface area contributed by atoms with Gasteiger partial charge in [0.05, 0.1) is 18.8 Å². The Morgan fingerprint density at radius 1 is 1.38 bits per heavy atom. The molecule has 3 heteroatoms. The topological polar surface area (TPSA) is 29.5 Å². The summed E-state index contributed by atoms with van der Waals surface area (Å²) in [6.07, 6.45) is 15.8. The van der Waals surface area contributed by atoms with Gasteiger partial charge in [0, 0.05) is 5.92 Å². The first-order valence-corrected chi connectivity index (χ1v) is 8.47. The van der Waals surface area contributed by atoms with Gasteiger partial charge in [-0.3, -0.25) is 0 Å². The second-order valence-electron chi connectivity index (χ2n) is 6.56. The zero-order valence-electron chi connectivity index (χ0n) is 14.5. The van der Waals surface area contributed by atoms with Crippen LogP contribution in [0.1, 0.15) is 33.1 Å². The highest BCUT2D eigenvalue weighted by Gasteiger charge is 2.35. The van der Waals surface area contributed by atoms with Crippen LogP contribution in [-0.2, 0) is 4.74 Å². The molecule has 1 heterocycles. The number of rotatable bonds is 4. The SMILES string of the molecule is C=C(F)/C=C\C/C1=C(\C)[C@@H]2O[C@@H](CO)C[C@H]2/C=C/C=C\C=C(/C)C1. The third-order valence-corrected chi connectivity index (χ3v) is 4.57. The third-order valence-electron chi connectivity index (χ3n) is 4.57. The highest BCUT2D eigenvalue weighted by Crippen LogP contribution is 2.35. The molecule has 0 saturated carbocycles. The first kappa shape index (κ1) is 18.6. The zero-order chi connectivity index (χ0) is 17.5. The monoisotopic (exact) mass is 330 g/mol. The van der Waals surface area contributed by atoms with E-state index in [1.165, 1.54) is 22.8 Å². The number of fused-ring (bicyclic) bond motifs is 1. The van der Waals surface area contributed by atoms with Gasteiger partial charge in [0.1, 0.15) is 5.83 Å². The molecule has 0 aromatic carbocycles. The summed E-state index contributed by atoms with van der Waals surface area (Å²) in [7, 11) is 0. The van der Waals surface area contributed by atoms with Gasteiger partial charge < -0.3 is 9.84 Å². The Morgan fingerprint density at radius 3 is 2.88 bits per heavy atom. The number of aliphatic hydroxyl groups excluding tert-OH is 1. The Morgan fingerprint density at radius 2 is 2.17 bits per heavy atom. The smallest absolute Gasteiger partial charge is 0.115 e. The molecule has 3 atom stereocenters. The summed E-state index contributed by atoms with van der Waals surface area (Å²) in [4.78, 5) is 0. The molecule has 1 aliphatic heterocycles. The van der Waals surface area contributed by atoms with Gasteiger partial charge in [-0.05, 0) is 44.8 Å². The third kappa shape index (κ3) is 5.15. The standard InChI is InChI=1S/C21H27FO2/c1-15-8-5-4-6-10-19-13-20(14-23)24-21(19)17(3)18(12-15)11-7-9-16(2)22/h4-10,19-21,23H,2,11-14H2,1,3H3/b5-4-,9-7-,10-6+,15-8+,18-17-/t19-,20-,21+/m1/s1. The quantitative estimate of drug-likeness (QED) is 0.583. The Hall–Kier alpha value is -1.71. The van der Waals surface area contributed by atoms with Crippen molar-refractivity contribution in [2.75, 3.05) is 6.61 Å². The van der Waals surface area contributed by atoms with Crippen molar-refractivity contribution in [2.24, 2.45) is 5.92 Å². The molecule has 2 aliphatic rings. The van der Waals surface area contributed by atoms with Gasteiger partial charge in [-0.25, -0.2) is 4.39 Å². The van der Waals surface area contributed by atoms with E-state index in [-0.39, 0.29) is 24.7 Å². The summed E-state index contributed by atoms with van der Waals surface area (Å²) in [6.45, 7) is 7.50. The highest BCUT2D eigenvalue weighted by atomic mass is 19.1. The van der Waals surface area contributed by atoms with E-state index in [4.69, 9.17) is 4.74 Å². The van der Waals surface area contributed by atoms with Crippen molar-refractivity contribution in [3.8, 4) is 0 Å². The average Bonchev–Trinajstić information content (AvgIpc) is 2.94. The van der Waals surface area contributed by atoms with E-state index < -0.39 is 5.83 Å². The molecule has 0 spiro atoms. The first-order chi connectivity index (χ1) is 11.5. The fourth-order valence-corrected chi connectivity index (χ4v) is 3.30. The molecule has 2 nitrogen and oxygen atoms in total. The lowest BCUT2D eigenvalue weighted by Crippen LogP contribution is -2.19. The lowest BCUT2D eigenvalue weighted by molar-refractivity contribution is 0.0232. The molecular formula is C21H27FO2. The molecule has 1 fully saturated rings. The fraction of sp³-hybridized carbons (Fsp3) is 0.429. The van der Waals surface area contributed by atoms with Crippen LogP contribution in [-0.4, -0.2) is 23.9 Å². The van der Waals surface area contributed by atoms with Crippen LogP contribution in [0.5, 0.6) is 0 Å². The van der Waals surface area contributed by atoms with Gasteiger partial charge >= 0.3 is 0 Å². The Kier molecular flexibility index (Phi) is 6.95. The second-order valence-corrected chi connectivity index (χ2v) is 6.56. The molecule has 130 valence electrons. The first-order valence-electron chi connectivity index (χ1n) is 8.47. The number of aliphatic hydroxyl groups is 1. The molecule has 1 aliphatic carbocycles. The van der Waals surface area contributed by atoms with Crippen molar-refractivity contribution in [1.82, 2.24) is 0 Å². The number of allylic oxidation sites excluding steroid dienone is 9. The summed E-state index contributed by atoms with van der Waals surface area (Å²) >= 11 is 0. The maximum absolute atomic E-state index is 12.9. The molecule has 0 aromatic rings. The molecule has 0 radical (unpaired) electrons. The summed E-state index contributed by atoms with van der Waals surface area (Å²) < 4.78 is 19.0. The summed E-state index contributed by atoms with van der Waals surface area (Å²) in [5.41, 5.74) is 3.67. The molecule has 24 heavy (non-hydrogen) atoms. The number of hydrogen-bond acceptors (Lipinski definition) is 2. The van der Waals surface area contributed by atoms with E-state index in [0.29, 0.717) is 6.42 Å². The number of halogens is 1. The minimum absolute atomic E-state index is 0.0327. The van der Waals surface area contributed by atoms with E-state index in [1.54, 1.807) is 0 Å². The maximum Gasteiger partial charge on any atom is 0.115 e. The normalized spacial score (nSPS) is 35.8. The summed E-state index contributed by atoms with van der Waals surface area (Å²) in [5, 5.41) is 9.46. The van der Waals surface area contributed by atoms with Gasteiger partial charge in [0.2, 0.25) is 0 Å². The van der Waals surface area contributed by atoms with Crippen LogP contribution >= 0.6 is 0 Å². The van der Waals surface area contributed by atoms with Gasteiger partial charge in [-0.1, -0.05) is 54.2 Å².